The molecule has 0 bridgehead atoms. The van der Waals surface area contributed by atoms with Crippen molar-refractivity contribution in [3.63, 3.8) is 0 Å². The minimum Gasteiger partial charge on any atom is -0.369 e. The van der Waals surface area contributed by atoms with Crippen LogP contribution in [0.3, 0.4) is 0 Å². The van der Waals surface area contributed by atoms with Gasteiger partial charge in [-0.1, -0.05) is 6.92 Å². The van der Waals surface area contributed by atoms with Gasteiger partial charge < -0.3 is 10.6 Å². The van der Waals surface area contributed by atoms with Crippen LogP contribution in [0, 0.1) is 0 Å². The van der Waals surface area contributed by atoms with E-state index in [4.69, 9.17) is 5.73 Å². The van der Waals surface area contributed by atoms with E-state index < -0.39 is 5.41 Å². The van der Waals surface area contributed by atoms with E-state index in [9.17, 15) is 4.79 Å². The largest absolute Gasteiger partial charge is 0.369 e. The molecule has 0 aliphatic heterocycles. The van der Waals surface area contributed by atoms with Gasteiger partial charge in [0.2, 0.25) is 5.91 Å². The van der Waals surface area contributed by atoms with E-state index in [1.807, 2.05) is 38.1 Å². The third-order valence-corrected chi connectivity index (χ3v) is 2.89. The van der Waals surface area contributed by atoms with Crippen LogP contribution >= 0.6 is 0 Å². The molecule has 0 radical (unpaired) electrons. The number of carbonyl (C=O) groups is 1. The molecule has 1 aromatic rings. The van der Waals surface area contributed by atoms with Gasteiger partial charge in [0, 0.05) is 18.9 Å². The zero-order chi connectivity index (χ0) is 12.2. The molecular weight excluding hydrogens is 202 g/mol. The quantitative estimate of drug-likeness (QED) is 0.799. The van der Waals surface area contributed by atoms with Gasteiger partial charge in [0.25, 0.3) is 0 Å². The fraction of sp³-hybridized carbons (Fsp3) is 0.500. The Kier molecular flexibility index (Phi) is 4.01. The SMILES string of the molecule is CCC(CN(C)C)(C(N)=O)c1ccncc1. The number of nitrogens with two attached hydrogens (primary N) is 1. The standard InChI is InChI=1S/C12H19N3O/c1-4-12(11(13)16,9-15(2)3)10-5-7-14-8-6-10/h5-8H,4,9H2,1-3H3,(H2,13,16). The average molecular weight is 221 g/mol. The second kappa shape index (κ2) is 5.07. The van der Waals surface area contributed by atoms with Crippen molar-refractivity contribution in [2.45, 2.75) is 18.8 Å². The van der Waals surface area contributed by atoms with Crippen molar-refractivity contribution in [3.8, 4) is 0 Å². The number of likely N-dealkylation sites (N-methyl/N-ethyl adjacent to an activating group) is 1. The van der Waals surface area contributed by atoms with E-state index in [1.165, 1.54) is 0 Å². The summed E-state index contributed by atoms with van der Waals surface area (Å²) in [6.45, 7) is 2.59. The summed E-state index contributed by atoms with van der Waals surface area (Å²) in [6, 6.07) is 3.72. The van der Waals surface area contributed by atoms with Gasteiger partial charge in [0.15, 0.2) is 0 Å². The Morgan fingerprint density at radius 3 is 2.38 bits per heavy atom. The fourth-order valence-electron chi connectivity index (χ4n) is 2.01. The third-order valence-electron chi connectivity index (χ3n) is 2.89. The number of carbonyl (C=O) groups excluding carboxylic acids is 1. The predicted molar refractivity (Wildman–Crippen MR) is 64.0 cm³/mol. The zero-order valence-electron chi connectivity index (χ0n) is 10.1. The van der Waals surface area contributed by atoms with Crippen LogP contribution in [0.5, 0.6) is 0 Å². The van der Waals surface area contributed by atoms with Crippen LogP contribution in [0.25, 0.3) is 0 Å². The van der Waals surface area contributed by atoms with Crippen molar-refractivity contribution in [3.05, 3.63) is 30.1 Å². The summed E-state index contributed by atoms with van der Waals surface area (Å²) >= 11 is 0. The number of hydrogen-bond acceptors (Lipinski definition) is 3. The Labute approximate surface area is 96.5 Å². The molecular formula is C12H19N3O. The van der Waals surface area contributed by atoms with E-state index in [2.05, 4.69) is 4.98 Å². The molecule has 1 rings (SSSR count). The summed E-state index contributed by atoms with van der Waals surface area (Å²) in [7, 11) is 3.88. The zero-order valence-corrected chi connectivity index (χ0v) is 10.1. The summed E-state index contributed by atoms with van der Waals surface area (Å²) in [5.41, 5.74) is 5.89. The lowest BCUT2D eigenvalue weighted by molar-refractivity contribution is -0.124. The highest BCUT2D eigenvalue weighted by Gasteiger charge is 2.37. The number of rotatable bonds is 5. The molecule has 16 heavy (non-hydrogen) atoms. The fourth-order valence-corrected chi connectivity index (χ4v) is 2.01. The van der Waals surface area contributed by atoms with Crippen LogP contribution in [-0.2, 0) is 10.2 Å². The molecule has 0 spiro atoms. The molecule has 88 valence electrons. The Bertz CT molecular complexity index is 351. The van der Waals surface area contributed by atoms with Crippen molar-refractivity contribution >= 4 is 5.91 Å². The number of pyridine rings is 1. The summed E-state index contributed by atoms with van der Waals surface area (Å²) < 4.78 is 0. The molecule has 4 heteroatoms. The molecule has 1 amide bonds. The molecule has 1 aromatic heterocycles. The van der Waals surface area contributed by atoms with E-state index in [-0.39, 0.29) is 5.91 Å². The number of aromatic nitrogens is 1. The van der Waals surface area contributed by atoms with Gasteiger partial charge in [-0.3, -0.25) is 9.78 Å². The van der Waals surface area contributed by atoms with Crippen LogP contribution < -0.4 is 5.73 Å². The van der Waals surface area contributed by atoms with Gasteiger partial charge in [-0.2, -0.15) is 0 Å². The maximum Gasteiger partial charge on any atom is 0.229 e. The summed E-state index contributed by atoms with van der Waals surface area (Å²) in [5.74, 6) is -0.282. The monoisotopic (exact) mass is 221 g/mol. The molecule has 0 aliphatic carbocycles. The van der Waals surface area contributed by atoms with Crippen LogP contribution in [0.2, 0.25) is 0 Å². The molecule has 1 unspecified atom stereocenters. The summed E-state index contributed by atoms with van der Waals surface area (Å²) in [4.78, 5) is 17.7. The maximum atomic E-state index is 11.8. The first-order valence-corrected chi connectivity index (χ1v) is 5.38. The van der Waals surface area contributed by atoms with Crippen LogP contribution in [0.1, 0.15) is 18.9 Å². The van der Waals surface area contributed by atoms with Crippen molar-refractivity contribution in [2.75, 3.05) is 20.6 Å². The first-order chi connectivity index (χ1) is 7.53. The Balaban J connectivity index is 3.18. The van der Waals surface area contributed by atoms with Gasteiger partial charge in [-0.15, -0.1) is 0 Å². The number of hydrogen-bond donors (Lipinski definition) is 1. The van der Waals surface area contributed by atoms with E-state index in [1.54, 1.807) is 12.4 Å². The predicted octanol–water partition coefficient (Wildman–Crippen LogP) is 0.776. The Morgan fingerprint density at radius 1 is 1.44 bits per heavy atom. The van der Waals surface area contributed by atoms with Gasteiger partial charge >= 0.3 is 0 Å². The van der Waals surface area contributed by atoms with Crippen molar-refractivity contribution in [1.82, 2.24) is 9.88 Å². The second-order valence-corrected chi connectivity index (χ2v) is 4.27. The molecule has 0 saturated carbocycles. The Morgan fingerprint density at radius 2 is 2.00 bits per heavy atom. The molecule has 0 aliphatic rings. The highest BCUT2D eigenvalue weighted by atomic mass is 16.1. The smallest absolute Gasteiger partial charge is 0.229 e. The third kappa shape index (κ3) is 2.39. The highest BCUT2D eigenvalue weighted by Crippen LogP contribution is 2.28. The summed E-state index contributed by atoms with van der Waals surface area (Å²) in [6.07, 6.45) is 4.07. The van der Waals surface area contributed by atoms with Crippen LogP contribution in [0.4, 0.5) is 0 Å². The number of amides is 1. The first-order valence-electron chi connectivity index (χ1n) is 5.38. The van der Waals surface area contributed by atoms with Crippen molar-refractivity contribution in [2.24, 2.45) is 5.73 Å². The van der Waals surface area contributed by atoms with Gasteiger partial charge in [-0.05, 0) is 38.2 Å². The molecule has 0 saturated heterocycles. The second-order valence-electron chi connectivity index (χ2n) is 4.27. The number of primary amides is 1. The first kappa shape index (κ1) is 12.6. The lowest BCUT2D eigenvalue weighted by atomic mass is 9.77. The number of nitrogens with zero attached hydrogens (tertiary/aromatic N) is 2. The van der Waals surface area contributed by atoms with Gasteiger partial charge in [0.1, 0.15) is 0 Å². The highest BCUT2D eigenvalue weighted by molar-refractivity contribution is 5.87. The lowest BCUT2D eigenvalue weighted by Crippen LogP contribution is -2.48. The molecule has 0 fully saturated rings. The topological polar surface area (TPSA) is 59.2 Å². The minimum absolute atomic E-state index is 0.282. The normalized spacial score (nSPS) is 14.8. The van der Waals surface area contributed by atoms with Crippen LogP contribution in [0.15, 0.2) is 24.5 Å². The molecule has 2 N–H and O–H groups in total. The molecule has 4 nitrogen and oxygen atoms in total. The van der Waals surface area contributed by atoms with Gasteiger partial charge in [0.05, 0.1) is 5.41 Å². The molecule has 0 aromatic carbocycles. The Hall–Kier alpha value is -1.42. The van der Waals surface area contributed by atoms with Crippen molar-refractivity contribution < 1.29 is 4.79 Å². The van der Waals surface area contributed by atoms with Gasteiger partial charge in [-0.25, -0.2) is 0 Å². The molecule has 1 atom stereocenters. The van der Waals surface area contributed by atoms with Crippen molar-refractivity contribution in [1.29, 1.82) is 0 Å². The molecule has 1 heterocycles. The van der Waals surface area contributed by atoms with E-state index in [0.29, 0.717) is 13.0 Å². The summed E-state index contributed by atoms with van der Waals surface area (Å²) in [5, 5.41) is 0. The van der Waals surface area contributed by atoms with Crippen LogP contribution in [-0.4, -0.2) is 36.4 Å². The lowest BCUT2D eigenvalue weighted by Gasteiger charge is -2.32. The van der Waals surface area contributed by atoms with E-state index in [0.717, 1.165) is 5.56 Å². The average Bonchev–Trinajstić information content (AvgIpc) is 2.26. The minimum atomic E-state index is -0.619. The maximum absolute atomic E-state index is 11.8. The van der Waals surface area contributed by atoms with E-state index >= 15 is 0 Å².